The number of ether oxygens (including phenoxy) is 2. The first-order chi connectivity index (χ1) is 19.7. The van der Waals surface area contributed by atoms with Gasteiger partial charge in [0.05, 0.1) is 31.0 Å². The summed E-state index contributed by atoms with van der Waals surface area (Å²) in [6.45, 7) is 2.09. The van der Waals surface area contributed by atoms with Crippen LogP contribution in [0.5, 0.6) is 11.5 Å². The second-order valence-electron chi connectivity index (χ2n) is 10.5. The van der Waals surface area contributed by atoms with Crippen molar-refractivity contribution in [3.63, 3.8) is 0 Å². The van der Waals surface area contributed by atoms with Crippen LogP contribution in [0, 0.1) is 5.82 Å². The van der Waals surface area contributed by atoms with Gasteiger partial charge in [-0.2, -0.15) is 13.2 Å². The number of carbonyl (C=O) groups is 1. The van der Waals surface area contributed by atoms with Crippen LogP contribution in [-0.2, 0) is 17.6 Å². The van der Waals surface area contributed by atoms with Crippen LogP contribution in [0.1, 0.15) is 53.9 Å². The van der Waals surface area contributed by atoms with Crippen molar-refractivity contribution in [2.24, 2.45) is 5.73 Å². The van der Waals surface area contributed by atoms with Crippen molar-refractivity contribution < 1.29 is 42.0 Å². The number of pyridine rings is 1. The molecule has 4 rings (SSSR count). The summed E-state index contributed by atoms with van der Waals surface area (Å²) in [6, 6.07) is 10.4. The van der Waals surface area contributed by atoms with E-state index in [-0.39, 0.29) is 34.7 Å². The molecule has 3 aromatic rings. The Balaban J connectivity index is 1.71. The summed E-state index contributed by atoms with van der Waals surface area (Å²) in [5, 5.41) is 22.9. The number of benzene rings is 2. The van der Waals surface area contributed by atoms with Gasteiger partial charge in [-0.3, -0.25) is 4.79 Å². The Hall–Kier alpha value is -3.74. The third-order valence-electron chi connectivity index (χ3n) is 7.51. The van der Waals surface area contributed by atoms with Gasteiger partial charge in [-0.1, -0.05) is 13.0 Å². The third kappa shape index (κ3) is 6.06. The first-order valence-electron chi connectivity index (χ1n) is 13.4. The molecule has 2 heterocycles. The normalized spacial score (nSPS) is 18.5. The van der Waals surface area contributed by atoms with Crippen molar-refractivity contribution in [2.45, 2.75) is 56.5 Å². The SMILES string of the molecule is CCC1(N)COc2c1cc(C(O)(CNC(=O)c1ccc(CC[C@@H](C)O)c(OC)c1)C(F)(F)F)nc2-c1ccc(F)cc1. The molecule has 1 aromatic heterocycles. The van der Waals surface area contributed by atoms with Gasteiger partial charge in [0.15, 0.2) is 5.75 Å². The van der Waals surface area contributed by atoms with Crippen molar-refractivity contribution in [1.82, 2.24) is 10.3 Å². The summed E-state index contributed by atoms with van der Waals surface area (Å²) in [7, 11) is 1.39. The number of aromatic nitrogens is 1. The molecule has 0 fully saturated rings. The van der Waals surface area contributed by atoms with Crippen LogP contribution in [0.3, 0.4) is 0 Å². The molecule has 42 heavy (non-hydrogen) atoms. The molecule has 2 unspecified atom stereocenters. The average molecular weight is 592 g/mol. The number of nitrogens with two attached hydrogens (primary N) is 1. The van der Waals surface area contributed by atoms with Crippen LogP contribution < -0.4 is 20.5 Å². The summed E-state index contributed by atoms with van der Waals surface area (Å²) in [6.07, 6.45) is -4.61. The summed E-state index contributed by atoms with van der Waals surface area (Å²) in [5.41, 5.74) is 2.02. The summed E-state index contributed by atoms with van der Waals surface area (Å²) >= 11 is 0. The molecule has 0 bridgehead atoms. The number of nitrogens with one attached hydrogen (secondary N) is 1. The lowest BCUT2D eigenvalue weighted by atomic mass is 9.86. The quantitative estimate of drug-likeness (QED) is 0.258. The minimum Gasteiger partial charge on any atom is -0.496 e. The number of hydrogen-bond acceptors (Lipinski definition) is 7. The maximum absolute atomic E-state index is 14.6. The van der Waals surface area contributed by atoms with Gasteiger partial charge in [-0.15, -0.1) is 0 Å². The number of alkyl halides is 3. The van der Waals surface area contributed by atoms with E-state index in [4.69, 9.17) is 15.2 Å². The number of aliphatic hydroxyl groups is 2. The molecule has 1 amide bonds. The maximum atomic E-state index is 14.6. The number of nitrogens with zero attached hydrogens (tertiary/aromatic N) is 1. The highest BCUT2D eigenvalue weighted by Crippen LogP contribution is 2.47. The molecule has 8 nitrogen and oxygen atoms in total. The van der Waals surface area contributed by atoms with Crippen molar-refractivity contribution in [3.8, 4) is 22.8 Å². The molecule has 0 aliphatic carbocycles. The van der Waals surface area contributed by atoms with Gasteiger partial charge in [0, 0.05) is 16.7 Å². The van der Waals surface area contributed by atoms with Gasteiger partial charge in [-0.25, -0.2) is 9.37 Å². The van der Waals surface area contributed by atoms with E-state index in [9.17, 15) is 32.6 Å². The lowest BCUT2D eigenvalue weighted by Gasteiger charge is -2.31. The lowest BCUT2D eigenvalue weighted by Crippen LogP contribution is -2.51. The number of carbonyl (C=O) groups excluding carboxylic acids is 1. The molecule has 5 N–H and O–H groups in total. The van der Waals surface area contributed by atoms with E-state index in [2.05, 4.69) is 10.3 Å². The molecule has 1 aliphatic heterocycles. The number of rotatable bonds is 10. The highest BCUT2D eigenvalue weighted by Gasteiger charge is 2.57. The second kappa shape index (κ2) is 11.9. The van der Waals surface area contributed by atoms with Gasteiger partial charge in [-0.05, 0) is 74.2 Å². The Morgan fingerprint density at radius 1 is 1.21 bits per heavy atom. The number of halogens is 4. The molecular weight excluding hydrogens is 558 g/mol. The molecule has 12 heteroatoms. The summed E-state index contributed by atoms with van der Waals surface area (Å²) < 4.78 is 68.4. The van der Waals surface area contributed by atoms with Gasteiger partial charge < -0.3 is 30.7 Å². The number of fused-ring (bicyclic) bond motifs is 1. The Bertz CT molecular complexity index is 1450. The highest BCUT2D eigenvalue weighted by molar-refractivity contribution is 5.94. The number of aliphatic hydroxyl groups excluding tert-OH is 1. The fourth-order valence-corrected chi connectivity index (χ4v) is 4.74. The average Bonchev–Trinajstić information content (AvgIpc) is 3.30. The Morgan fingerprint density at radius 3 is 2.50 bits per heavy atom. The molecule has 1 aliphatic rings. The van der Waals surface area contributed by atoms with Gasteiger partial charge in [0.1, 0.15) is 23.9 Å². The van der Waals surface area contributed by atoms with Gasteiger partial charge in [0.25, 0.3) is 5.91 Å². The first kappa shape index (κ1) is 31.2. The standard InChI is InChI=1S/C30H33F4N3O5/c1-4-28(35)16-42-26-22(28)14-24(37-25(26)19-9-11-21(31)12-10-19)29(40,30(32,33)34)15-36-27(39)20-8-7-18(6-5-17(2)38)23(13-20)41-3/h7-14,17,38,40H,4-6,15-16,35H2,1-3H3,(H,36,39)/t17-,28?,29?/m1/s1. The van der Waals surface area contributed by atoms with E-state index in [1.807, 2.05) is 0 Å². The largest absolute Gasteiger partial charge is 0.496 e. The van der Waals surface area contributed by atoms with E-state index in [0.717, 1.165) is 18.2 Å². The monoisotopic (exact) mass is 591 g/mol. The smallest absolute Gasteiger partial charge is 0.424 e. The molecule has 0 spiro atoms. The van der Waals surface area contributed by atoms with E-state index in [0.29, 0.717) is 30.6 Å². The first-order valence-corrected chi connectivity index (χ1v) is 13.4. The zero-order valence-corrected chi connectivity index (χ0v) is 23.4. The van der Waals surface area contributed by atoms with Crippen LogP contribution >= 0.6 is 0 Å². The zero-order valence-electron chi connectivity index (χ0n) is 23.4. The van der Waals surface area contributed by atoms with E-state index in [1.54, 1.807) is 19.9 Å². The molecule has 226 valence electrons. The van der Waals surface area contributed by atoms with Crippen LogP contribution in [-0.4, -0.2) is 53.6 Å². The predicted octanol–water partition coefficient (Wildman–Crippen LogP) is 4.35. The van der Waals surface area contributed by atoms with E-state index in [1.165, 1.54) is 31.4 Å². The van der Waals surface area contributed by atoms with Crippen LogP contribution in [0.2, 0.25) is 0 Å². The van der Waals surface area contributed by atoms with E-state index < -0.39 is 47.4 Å². The van der Waals surface area contributed by atoms with Crippen molar-refractivity contribution in [3.05, 3.63) is 76.7 Å². The molecular formula is C30H33F4N3O5. The number of hydrogen-bond donors (Lipinski definition) is 4. The van der Waals surface area contributed by atoms with Crippen molar-refractivity contribution in [2.75, 3.05) is 20.3 Å². The highest BCUT2D eigenvalue weighted by atomic mass is 19.4. The van der Waals surface area contributed by atoms with Crippen LogP contribution in [0.15, 0.2) is 48.5 Å². The van der Waals surface area contributed by atoms with Crippen LogP contribution in [0.25, 0.3) is 11.3 Å². The molecule has 2 aromatic carbocycles. The van der Waals surface area contributed by atoms with Crippen molar-refractivity contribution >= 4 is 5.91 Å². The van der Waals surface area contributed by atoms with Crippen LogP contribution in [0.4, 0.5) is 17.6 Å². The maximum Gasteiger partial charge on any atom is 0.424 e. The number of aryl methyl sites for hydroxylation is 1. The van der Waals surface area contributed by atoms with E-state index >= 15 is 0 Å². The Kier molecular flexibility index (Phi) is 8.81. The minimum absolute atomic E-state index is 0.00597. The fraction of sp³-hybridized carbons (Fsp3) is 0.400. The third-order valence-corrected chi connectivity index (χ3v) is 7.51. The zero-order chi connectivity index (χ0) is 30.9. The fourth-order valence-electron chi connectivity index (χ4n) is 4.74. The molecule has 0 radical (unpaired) electrons. The Labute approximate surface area is 240 Å². The molecule has 0 saturated heterocycles. The topological polar surface area (TPSA) is 127 Å². The van der Waals surface area contributed by atoms with Gasteiger partial charge >= 0.3 is 6.18 Å². The predicted molar refractivity (Wildman–Crippen MR) is 147 cm³/mol. The van der Waals surface area contributed by atoms with Gasteiger partial charge in [0.2, 0.25) is 5.60 Å². The second-order valence-corrected chi connectivity index (χ2v) is 10.5. The van der Waals surface area contributed by atoms with Crippen molar-refractivity contribution in [1.29, 1.82) is 0 Å². The number of amides is 1. The Morgan fingerprint density at radius 2 is 1.90 bits per heavy atom. The summed E-state index contributed by atoms with van der Waals surface area (Å²) in [4.78, 5) is 17.1. The number of methoxy groups -OCH3 is 1. The molecule has 3 atom stereocenters. The lowest BCUT2D eigenvalue weighted by molar-refractivity contribution is -0.265. The minimum atomic E-state index is -5.27. The summed E-state index contributed by atoms with van der Waals surface area (Å²) in [5.74, 6) is -0.970. The molecule has 0 saturated carbocycles.